The van der Waals surface area contributed by atoms with Crippen LogP contribution in [0.15, 0.2) is 0 Å². The monoisotopic (exact) mass is 212 g/mol. The molecule has 1 unspecified atom stereocenters. The zero-order valence-corrected chi connectivity index (χ0v) is 10.1. The Hall–Kier alpha value is -0.570. The highest BCUT2D eigenvalue weighted by atomic mass is 16.1. The maximum absolute atomic E-state index is 11.7. The average Bonchev–Trinajstić information content (AvgIpc) is 2.59. The summed E-state index contributed by atoms with van der Waals surface area (Å²) in [7, 11) is 0. The molecule has 3 atom stereocenters. The highest BCUT2D eigenvalue weighted by Gasteiger charge is 2.23. The second kappa shape index (κ2) is 5.50. The van der Waals surface area contributed by atoms with Crippen LogP contribution in [-0.2, 0) is 4.79 Å². The number of rotatable bonds is 4. The summed E-state index contributed by atoms with van der Waals surface area (Å²) >= 11 is 0. The van der Waals surface area contributed by atoms with E-state index in [1.165, 1.54) is 0 Å². The maximum atomic E-state index is 11.7. The first kappa shape index (κ1) is 12.5. The highest BCUT2D eigenvalue weighted by molar-refractivity contribution is 5.78. The molecule has 1 rings (SSSR count). The number of nitrogens with one attached hydrogen (secondary N) is 1. The van der Waals surface area contributed by atoms with Gasteiger partial charge in [0.1, 0.15) is 0 Å². The molecule has 0 aromatic rings. The molecule has 0 heterocycles. The summed E-state index contributed by atoms with van der Waals surface area (Å²) < 4.78 is 0. The van der Waals surface area contributed by atoms with Gasteiger partial charge in [0.25, 0.3) is 0 Å². The van der Waals surface area contributed by atoms with E-state index in [-0.39, 0.29) is 11.8 Å². The van der Waals surface area contributed by atoms with Gasteiger partial charge in [0.2, 0.25) is 5.91 Å². The van der Waals surface area contributed by atoms with Crippen molar-refractivity contribution < 1.29 is 4.79 Å². The number of hydrogen-bond acceptors (Lipinski definition) is 2. The third-order valence-corrected chi connectivity index (χ3v) is 3.56. The van der Waals surface area contributed by atoms with Gasteiger partial charge in [0.15, 0.2) is 0 Å². The molecule has 1 aliphatic rings. The topological polar surface area (TPSA) is 55.1 Å². The third-order valence-electron chi connectivity index (χ3n) is 3.56. The van der Waals surface area contributed by atoms with E-state index in [1.807, 2.05) is 6.92 Å². The summed E-state index contributed by atoms with van der Waals surface area (Å²) in [6.07, 6.45) is 3.34. The molecule has 3 nitrogen and oxygen atoms in total. The summed E-state index contributed by atoms with van der Waals surface area (Å²) in [4.78, 5) is 11.7. The Morgan fingerprint density at radius 2 is 2.07 bits per heavy atom. The van der Waals surface area contributed by atoms with E-state index < -0.39 is 0 Å². The Morgan fingerprint density at radius 3 is 2.53 bits per heavy atom. The van der Waals surface area contributed by atoms with Crippen LogP contribution >= 0.6 is 0 Å². The predicted molar refractivity (Wildman–Crippen MR) is 62.3 cm³/mol. The van der Waals surface area contributed by atoms with Gasteiger partial charge in [-0.25, -0.2) is 0 Å². The van der Waals surface area contributed by atoms with Crippen LogP contribution < -0.4 is 11.1 Å². The highest BCUT2D eigenvalue weighted by Crippen LogP contribution is 2.23. The van der Waals surface area contributed by atoms with Crippen molar-refractivity contribution in [3.8, 4) is 0 Å². The van der Waals surface area contributed by atoms with E-state index in [0.717, 1.165) is 25.8 Å². The van der Waals surface area contributed by atoms with Crippen molar-refractivity contribution in [2.24, 2.45) is 23.5 Å². The SMILES string of the molecule is CC(C)C(C)C(=O)NC[C@@H]1CC[C@H](N)C1. The van der Waals surface area contributed by atoms with Gasteiger partial charge in [-0.1, -0.05) is 20.8 Å². The molecule has 15 heavy (non-hydrogen) atoms. The number of amides is 1. The molecule has 0 aromatic carbocycles. The largest absolute Gasteiger partial charge is 0.356 e. The average molecular weight is 212 g/mol. The van der Waals surface area contributed by atoms with E-state index in [2.05, 4.69) is 19.2 Å². The molecule has 3 N–H and O–H groups in total. The molecule has 0 saturated heterocycles. The Balaban J connectivity index is 2.22. The molecule has 88 valence electrons. The normalized spacial score (nSPS) is 28.1. The minimum Gasteiger partial charge on any atom is -0.356 e. The smallest absolute Gasteiger partial charge is 0.223 e. The molecule has 3 heteroatoms. The lowest BCUT2D eigenvalue weighted by Gasteiger charge is -2.17. The molecule has 1 amide bonds. The van der Waals surface area contributed by atoms with E-state index in [0.29, 0.717) is 17.9 Å². The van der Waals surface area contributed by atoms with Crippen LogP contribution in [0.3, 0.4) is 0 Å². The molecular weight excluding hydrogens is 188 g/mol. The summed E-state index contributed by atoms with van der Waals surface area (Å²) in [6.45, 7) is 6.95. The number of carbonyl (C=O) groups excluding carboxylic acids is 1. The van der Waals surface area contributed by atoms with Crippen molar-refractivity contribution in [2.75, 3.05) is 6.54 Å². The van der Waals surface area contributed by atoms with E-state index in [4.69, 9.17) is 5.73 Å². The van der Waals surface area contributed by atoms with Crippen molar-refractivity contribution in [2.45, 2.75) is 46.1 Å². The van der Waals surface area contributed by atoms with Crippen molar-refractivity contribution in [1.29, 1.82) is 0 Å². The van der Waals surface area contributed by atoms with Crippen molar-refractivity contribution in [3.05, 3.63) is 0 Å². The fourth-order valence-electron chi connectivity index (χ4n) is 2.01. The molecule has 0 aliphatic heterocycles. The van der Waals surface area contributed by atoms with Gasteiger partial charge < -0.3 is 11.1 Å². The maximum Gasteiger partial charge on any atom is 0.223 e. The van der Waals surface area contributed by atoms with Gasteiger partial charge in [-0.15, -0.1) is 0 Å². The molecule has 0 spiro atoms. The molecule has 1 aliphatic carbocycles. The van der Waals surface area contributed by atoms with Crippen molar-refractivity contribution in [1.82, 2.24) is 5.32 Å². The van der Waals surface area contributed by atoms with Crippen LogP contribution in [0.5, 0.6) is 0 Å². The Morgan fingerprint density at radius 1 is 1.40 bits per heavy atom. The van der Waals surface area contributed by atoms with Gasteiger partial charge >= 0.3 is 0 Å². The van der Waals surface area contributed by atoms with Crippen LogP contribution in [0.4, 0.5) is 0 Å². The molecule has 0 aromatic heterocycles. The Bertz CT molecular complexity index is 216. The minimum atomic E-state index is 0.111. The van der Waals surface area contributed by atoms with Gasteiger partial charge in [-0.05, 0) is 31.1 Å². The van der Waals surface area contributed by atoms with Crippen LogP contribution in [0, 0.1) is 17.8 Å². The summed E-state index contributed by atoms with van der Waals surface area (Å²) in [5, 5.41) is 3.03. The molecule has 1 saturated carbocycles. The Kier molecular flexibility index (Phi) is 4.58. The van der Waals surface area contributed by atoms with Crippen molar-refractivity contribution >= 4 is 5.91 Å². The molecule has 0 bridgehead atoms. The van der Waals surface area contributed by atoms with Gasteiger partial charge in [0.05, 0.1) is 0 Å². The lowest BCUT2D eigenvalue weighted by Crippen LogP contribution is -2.35. The van der Waals surface area contributed by atoms with Gasteiger partial charge in [-0.3, -0.25) is 4.79 Å². The zero-order valence-electron chi connectivity index (χ0n) is 10.1. The second-order valence-corrected chi connectivity index (χ2v) is 5.22. The molecule has 0 radical (unpaired) electrons. The van der Waals surface area contributed by atoms with E-state index >= 15 is 0 Å². The second-order valence-electron chi connectivity index (χ2n) is 5.22. The van der Waals surface area contributed by atoms with Gasteiger partial charge in [-0.2, -0.15) is 0 Å². The minimum absolute atomic E-state index is 0.111. The molecular formula is C12H24N2O. The summed E-state index contributed by atoms with van der Waals surface area (Å²) in [5.74, 6) is 1.31. The number of nitrogens with two attached hydrogens (primary N) is 1. The Labute approximate surface area is 92.8 Å². The fourth-order valence-corrected chi connectivity index (χ4v) is 2.01. The van der Waals surface area contributed by atoms with E-state index in [1.54, 1.807) is 0 Å². The summed E-state index contributed by atoms with van der Waals surface area (Å²) in [6, 6.07) is 0.356. The first-order chi connectivity index (χ1) is 7.00. The number of carbonyl (C=O) groups is 1. The standard InChI is InChI=1S/C12H24N2O/c1-8(2)9(3)12(15)14-7-10-4-5-11(13)6-10/h8-11H,4-7,13H2,1-3H3,(H,14,15)/t9?,10-,11+/m1/s1. The van der Waals surface area contributed by atoms with Crippen LogP contribution in [0.25, 0.3) is 0 Å². The lowest BCUT2D eigenvalue weighted by atomic mass is 9.97. The fraction of sp³-hybridized carbons (Fsp3) is 0.917. The van der Waals surface area contributed by atoms with Crippen LogP contribution in [0.2, 0.25) is 0 Å². The van der Waals surface area contributed by atoms with Crippen LogP contribution in [-0.4, -0.2) is 18.5 Å². The lowest BCUT2D eigenvalue weighted by molar-refractivity contribution is -0.125. The first-order valence-corrected chi connectivity index (χ1v) is 6.04. The first-order valence-electron chi connectivity index (χ1n) is 6.04. The van der Waals surface area contributed by atoms with Gasteiger partial charge in [0, 0.05) is 18.5 Å². The van der Waals surface area contributed by atoms with Crippen molar-refractivity contribution in [3.63, 3.8) is 0 Å². The molecule has 1 fully saturated rings. The zero-order chi connectivity index (χ0) is 11.4. The van der Waals surface area contributed by atoms with E-state index in [9.17, 15) is 4.79 Å². The number of hydrogen-bond donors (Lipinski definition) is 2. The summed E-state index contributed by atoms with van der Waals surface area (Å²) in [5.41, 5.74) is 5.83. The predicted octanol–water partition coefficient (Wildman–Crippen LogP) is 1.52. The quantitative estimate of drug-likeness (QED) is 0.742. The third kappa shape index (κ3) is 3.82. The van der Waals surface area contributed by atoms with Crippen LogP contribution in [0.1, 0.15) is 40.0 Å².